The molecule has 0 amide bonds. The van der Waals surface area contributed by atoms with Crippen LogP contribution in [0.3, 0.4) is 0 Å². The molecule has 0 aromatic rings. The van der Waals surface area contributed by atoms with Crippen LogP contribution < -0.4 is 0 Å². The van der Waals surface area contributed by atoms with E-state index in [1.807, 2.05) is 0 Å². The van der Waals surface area contributed by atoms with Gasteiger partial charge in [0.15, 0.2) is 0 Å². The molecule has 0 aliphatic rings. The van der Waals surface area contributed by atoms with Gasteiger partial charge in [-0.15, -0.1) is 0 Å². The summed E-state index contributed by atoms with van der Waals surface area (Å²) in [5.74, 6) is 4.88. The molecule has 0 nitrogen and oxygen atoms in total. The van der Waals surface area contributed by atoms with E-state index in [0.717, 1.165) is 0 Å². The molecule has 0 saturated carbocycles. The van der Waals surface area contributed by atoms with E-state index in [-0.39, 0.29) is 0 Å². The Morgan fingerprint density at radius 3 is 1.14 bits per heavy atom. The first-order valence-corrected chi connectivity index (χ1v) is 9.00. The quantitative estimate of drug-likeness (QED) is 0.477. The van der Waals surface area contributed by atoms with Gasteiger partial charge in [0, 0.05) is 0 Å². The molecule has 0 rings (SSSR count). The predicted octanol–water partition coefficient (Wildman–Crippen LogP) is 2.27. The number of rotatable bonds is 0. The van der Waals surface area contributed by atoms with Crippen molar-refractivity contribution in [3.63, 3.8) is 0 Å². The van der Waals surface area contributed by atoms with Crippen LogP contribution in [0.25, 0.3) is 0 Å². The van der Waals surface area contributed by atoms with E-state index in [9.17, 15) is 0 Å². The molecule has 0 saturated heterocycles. The second kappa shape index (κ2) is 2.21. The summed E-state index contributed by atoms with van der Waals surface area (Å²) in [6.07, 6.45) is 0. The van der Waals surface area contributed by atoms with E-state index in [2.05, 4.69) is 32.3 Å². The second-order valence-electron chi connectivity index (χ2n) is 3.52. The van der Waals surface area contributed by atoms with E-state index in [4.69, 9.17) is 0 Å². The van der Waals surface area contributed by atoms with Crippen LogP contribution in [0.15, 0.2) is 0 Å². The Hall–Kier alpha value is 0.543. The predicted molar refractivity (Wildman–Crippen MR) is 38.6 cm³/mol. The molecule has 1 heteroatoms. The van der Waals surface area contributed by atoms with E-state index in [1.54, 1.807) is 0 Å². The van der Waals surface area contributed by atoms with Crippen molar-refractivity contribution in [1.82, 2.24) is 0 Å². The minimum atomic E-state index is -0.764. The summed E-state index contributed by atoms with van der Waals surface area (Å²) in [6.45, 7) is 7.03. The van der Waals surface area contributed by atoms with Gasteiger partial charge in [-0.25, -0.2) is 0 Å². The molecule has 0 N–H and O–H groups in total. The molecule has 0 aliphatic heterocycles. The summed E-state index contributed by atoms with van der Waals surface area (Å²) in [5, 5.41) is 0. The molecular weight excluding hydrogens is 145 g/mol. The van der Waals surface area contributed by atoms with Crippen LogP contribution in [0.2, 0.25) is 15.8 Å². The maximum absolute atomic E-state index is 2.44. The molecular formula is C6H16Ge. The standard InChI is InChI=1S/C6H16Ge/c1-6(2,3)7(4)5/h7H,1-5H3. The summed E-state index contributed by atoms with van der Waals surface area (Å²) in [7, 11) is 0. The molecule has 0 heterocycles. The fraction of sp³-hybridized carbons (Fsp3) is 1.00. The Kier molecular flexibility index (Phi) is 2.38. The van der Waals surface area contributed by atoms with Gasteiger partial charge in [-0.3, -0.25) is 0 Å². The third-order valence-electron chi connectivity index (χ3n) is 1.73. The van der Waals surface area contributed by atoms with Gasteiger partial charge in [0.1, 0.15) is 0 Å². The van der Waals surface area contributed by atoms with Gasteiger partial charge in [-0.05, 0) is 0 Å². The van der Waals surface area contributed by atoms with E-state index in [1.165, 1.54) is 0 Å². The molecule has 0 fully saturated rings. The van der Waals surface area contributed by atoms with Gasteiger partial charge in [0.2, 0.25) is 0 Å². The zero-order valence-electron chi connectivity index (χ0n) is 6.08. The zero-order valence-corrected chi connectivity index (χ0v) is 8.50. The molecule has 0 aromatic heterocycles. The summed E-state index contributed by atoms with van der Waals surface area (Å²) >= 11 is -0.764. The van der Waals surface area contributed by atoms with Gasteiger partial charge in [-0.2, -0.15) is 0 Å². The molecule has 44 valence electrons. The van der Waals surface area contributed by atoms with E-state index < -0.39 is 14.3 Å². The van der Waals surface area contributed by atoms with Crippen molar-refractivity contribution >= 4 is 14.3 Å². The SMILES string of the molecule is [CH3][GeH]([CH3])[C](C)(C)C. The Morgan fingerprint density at radius 2 is 1.14 bits per heavy atom. The first-order chi connectivity index (χ1) is 2.94. The van der Waals surface area contributed by atoms with Crippen molar-refractivity contribution in [2.24, 2.45) is 0 Å². The Labute approximate surface area is 51.4 Å². The van der Waals surface area contributed by atoms with Gasteiger partial charge < -0.3 is 0 Å². The topological polar surface area (TPSA) is 0 Å². The van der Waals surface area contributed by atoms with Crippen LogP contribution in [0.4, 0.5) is 0 Å². The van der Waals surface area contributed by atoms with Crippen molar-refractivity contribution in [2.45, 2.75) is 36.5 Å². The fourth-order valence-electron chi connectivity index (χ4n) is 0. The normalized spacial score (nSPS) is 12.9. The van der Waals surface area contributed by atoms with Crippen LogP contribution >= 0.6 is 0 Å². The number of hydrogen-bond donors (Lipinski definition) is 0. The molecule has 0 spiro atoms. The molecule has 7 heavy (non-hydrogen) atoms. The fourth-order valence-corrected chi connectivity index (χ4v) is 0. The first kappa shape index (κ1) is 7.54. The average Bonchev–Trinajstić information content (AvgIpc) is 1.31. The van der Waals surface area contributed by atoms with Crippen LogP contribution in [-0.2, 0) is 0 Å². The molecule has 0 atom stereocenters. The monoisotopic (exact) mass is 162 g/mol. The van der Waals surface area contributed by atoms with Crippen LogP contribution in [0.1, 0.15) is 20.8 Å². The molecule has 0 radical (unpaired) electrons. The Morgan fingerprint density at radius 1 is 1.00 bits per heavy atom. The maximum atomic E-state index is 2.44. The third kappa shape index (κ3) is 3.15. The van der Waals surface area contributed by atoms with Crippen LogP contribution in [-0.4, -0.2) is 14.3 Å². The Bertz CT molecular complexity index is 49.7. The summed E-state index contributed by atoms with van der Waals surface area (Å²) in [5.41, 5.74) is 0. The van der Waals surface area contributed by atoms with Gasteiger partial charge >= 0.3 is 50.9 Å². The zero-order chi connectivity index (χ0) is 6.08. The summed E-state index contributed by atoms with van der Waals surface area (Å²) < 4.78 is 0.688. The van der Waals surface area contributed by atoms with Crippen molar-refractivity contribution in [2.75, 3.05) is 0 Å². The second-order valence-corrected chi connectivity index (χ2v) is 12.0. The first-order valence-electron chi connectivity index (χ1n) is 2.94. The third-order valence-corrected chi connectivity index (χ3v) is 9.00. The van der Waals surface area contributed by atoms with Crippen molar-refractivity contribution in [3.05, 3.63) is 0 Å². The van der Waals surface area contributed by atoms with Gasteiger partial charge in [0.25, 0.3) is 0 Å². The van der Waals surface area contributed by atoms with Crippen molar-refractivity contribution in [3.8, 4) is 0 Å². The van der Waals surface area contributed by atoms with E-state index in [0.29, 0.717) is 4.25 Å². The van der Waals surface area contributed by atoms with Crippen molar-refractivity contribution in [1.29, 1.82) is 0 Å². The van der Waals surface area contributed by atoms with Gasteiger partial charge in [-0.1, -0.05) is 0 Å². The molecule has 0 aromatic carbocycles. The summed E-state index contributed by atoms with van der Waals surface area (Å²) in [6, 6.07) is 0. The Balaban J connectivity index is 3.54. The van der Waals surface area contributed by atoms with Crippen LogP contribution in [0.5, 0.6) is 0 Å². The van der Waals surface area contributed by atoms with Crippen LogP contribution in [0, 0.1) is 0 Å². The van der Waals surface area contributed by atoms with Crippen molar-refractivity contribution < 1.29 is 0 Å². The average molecular weight is 161 g/mol. The molecule has 0 bridgehead atoms. The van der Waals surface area contributed by atoms with E-state index >= 15 is 0 Å². The minimum absolute atomic E-state index is 0.688. The summed E-state index contributed by atoms with van der Waals surface area (Å²) in [4.78, 5) is 0. The molecule has 0 aliphatic carbocycles. The number of hydrogen-bond acceptors (Lipinski definition) is 0. The van der Waals surface area contributed by atoms with Gasteiger partial charge in [0.05, 0.1) is 0 Å². The molecule has 0 unspecified atom stereocenters.